The number of hydrogen-bond acceptors (Lipinski definition) is 7. The monoisotopic (exact) mass is 327 g/mol. The molecule has 0 bridgehead atoms. The van der Waals surface area contributed by atoms with E-state index >= 15 is 0 Å². The van der Waals surface area contributed by atoms with Crippen LogP contribution >= 0.6 is 24.2 Å². The van der Waals surface area contributed by atoms with E-state index in [0.717, 1.165) is 23.3 Å². The summed E-state index contributed by atoms with van der Waals surface area (Å²) < 4.78 is 1.60. The minimum absolute atomic E-state index is 0. The molecule has 1 aliphatic rings. The Balaban J connectivity index is 0.00000161. The Hall–Kier alpha value is -1.80. The Morgan fingerprint density at radius 3 is 2.76 bits per heavy atom. The van der Waals surface area contributed by atoms with Gasteiger partial charge in [0.2, 0.25) is 5.16 Å². The van der Waals surface area contributed by atoms with Gasteiger partial charge in [0.05, 0.1) is 5.71 Å². The molecule has 0 saturated heterocycles. The zero-order valence-electron chi connectivity index (χ0n) is 11.2. The summed E-state index contributed by atoms with van der Waals surface area (Å²) >= 11 is 1.49. The van der Waals surface area contributed by atoms with Gasteiger partial charge < -0.3 is 10.2 Å². The van der Waals surface area contributed by atoms with Crippen LogP contribution in [0.4, 0.5) is 0 Å². The number of aryl methyl sites for hydroxylation is 1. The number of aliphatic imine (C=N–C) groups is 1. The lowest BCUT2D eigenvalue weighted by Gasteiger charge is -2.17. The zero-order valence-corrected chi connectivity index (χ0v) is 12.9. The molecule has 1 aliphatic heterocycles. The quantitative estimate of drug-likeness (QED) is 0.649. The normalized spacial score (nSPS) is 13.3. The molecule has 2 N–H and O–H groups in total. The average Bonchev–Trinajstić information content (AvgIpc) is 2.83. The molecule has 21 heavy (non-hydrogen) atoms. The first-order chi connectivity index (χ1) is 9.65. The smallest absolute Gasteiger partial charge is 0.209 e. The summed E-state index contributed by atoms with van der Waals surface area (Å²) in [4.78, 5) is 4.50. The van der Waals surface area contributed by atoms with E-state index in [-0.39, 0.29) is 23.9 Å². The summed E-state index contributed by atoms with van der Waals surface area (Å²) in [6.45, 7) is 0.685. The van der Waals surface area contributed by atoms with Crippen LogP contribution in [0.15, 0.2) is 22.3 Å². The molecule has 7 nitrogen and oxygen atoms in total. The van der Waals surface area contributed by atoms with Crippen LogP contribution in [0, 0.1) is 0 Å². The predicted octanol–water partition coefficient (Wildman–Crippen LogP) is 1.18. The van der Waals surface area contributed by atoms with Gasteiger partial charge in [-0.05, 0) is 34.5 Å². The first kappa shape index (κ1) is 15.6. The number of phenolic OH excluding ortho intramolecular Hbond substituents is 2. The third-order valence-electron chi connectivity index (χ3n) is 3.11. The molecule has 0 amide bonds. The average molecular weight is 328 g/mol. The predicted molar refractivity (Wildman–Crippen MR) is 81.6 cm³/mol. The highest BCUT2D eigenvalue weighted by Gasteiger charge is 2.18. The standard InChI is InChI=1S/C12H13N5O2S.ClH/c1-17-12(14-15-16-17)20-6-9-8-5-11(19)10(18)4-7(8)2-3-13-9;/h4-5,18-19H,2-3,6H2,1H3;1H. The lowest BCUT2D eigenvalue weighted by atomic mass is 9.97. The lowest BCUT2D eigenvalue weighted by molar-refractivity contribution is 0.403. The topological polar surface area (TPSA) is 96.4 Å². The van der Waals surface area contributed by atoms with Crippen LogP contribution in [0.25, 0.3) is 0 Å². The fourth-order valence-electron chi connectivity index (χ4n) is 2.09. The van der Waals surface area contributed by atoms with Crippen LogP contribution in [-0.2, 0) is 13.5 Å². The highest BCUT2D eigenvalue weighted by atomic mass is 35.5. The van der Waals surface area contributed by atoms with Crippen LogP contribution in [0.1, 0.15) is 11.1 Å². The summed E-state index contributed by atoms with van der Waals surface area (Å²) in [6.07, 6.45) is 0.767. The van der Waals surface area contributed by atoms with Crippen LogP contribution in [0.5, 0.6) is 11.5 Å². The van der Waals surface area contributed by atoms with Crippen molar-refractivity contribution >= 4 is 29.9 Å². The molecule has 0 saturated carbocycles. The maximum atomic E-state index is 9.64. The van der Waals surface area contributed by atoms with Crippen LogP contribution in [-0.4, -0.2) is 48.4 Å². The molecule has 2 heterocycles. The van der Waals surface area contributed by atoms with Gasteiger partial charge >= 0.3 is 0 Å². The van der Waals surface area contributed by atoms with Crippen molar-refractivity contribution < 1.29 is 10.2 Å². The SMILES string of the molecule is Cl.Cn1nnnc1SCC1=NCCc2cc(O)c(O)cc21. The highest BCUT2D eigenvalue weighted by molar-refractivity contribution is 7.99. The largest absolute Gasteiger partial charge is 0.504 e. The van der Waals surface area contributed by atoms with Gasteiger partial charge in [0.25, 0.3) is 0 Å². The molecule has 0 aliphatic carbocycles. The summed E-state index contributed by atoms with van der Waals surface area (Å²) in [5, 5.41) is 31.2. The maximum absolute atomic E-state index is 9.64. The molecule has 0 fully saturated rings. The van der Waals surface area contributed by atoms with Crippen molar-refractivity contribution in [2.75, 3.05) is 12.3 Å². The van der Waals surface area contributed by atoms with Gasteiger partial charge in [-0.25, -0.2) is 4.68 Å². The summed E-state index contributed by atoms with van der Waals surface area (Å²) in [5.41, 5.74) is 2.77. The van der Waals surface area contributed by atoms with E-state index in [2.05, 4.69) is 20.5 Å². The summed E-state index contributed by atoms with van der Waals surface area (Å²) in [5.74, 6) is 0.407. The molecular formula is C12H14ClN5O2S. The van der Waals surface area contributed by atoms with E-state index < -0.39 is 0 Å². The van der Waals surface area contributed by atoms with Crippen LogP contribution in [0.3, 0.4) is 0 Å². The van der Waals surface area contributed by atoms with Crippen molar-refractivity contribution in [3.05, 3.63) is 23.3 Å². The van der Waals surface area contributed by atoms with E-state index in [4.69, 9.17) is 0 Å². The Bertz CT molecular complexity index is 688. The number of aromatic nitrogens is 4. The molecule has 3 rings (SSSR count). The Morgan fingerprint density at radius 2 is 2.05 bits per heavy atom. The van der Waals surface area contributed by atoms with E-state index in [1.54, 1.807) is 23.9 Å². The summed E-state index contributed by atoms with van der Waals surface area (Å²) in [7, 11) is 1.78. The third-order valence-corrected chi connectivity index (χ3v) is 4.14. The fourth-order valence-corrected chi connectivity index (χ4v) is 2.92. The molecule has 0 radical (unpaired) electrons. The van der Waals surface area contributed by atoms with Gasteiger partial charge in [0, 0.05) is 24.9 Å². The number of phenols is 2. The Morgan fingerprint density at radius 1 is 1.29 bits per heavy atom. The van der Waals surface area contributed by atoms with Gasteiger partial charge in [0.1, 0.15) is 0 Å². The second kappa shape index (κ2) is 6.31. The number of hydrogen-bond donors (Lipinski definition) is 2. The van der Waals surface area contributed by atoms with Gasteiger partial charge in [-0.15, -0.1) is 17.5 Å². The second-order valence-electron chi connectivity index (χ2n) is 4.45. The Kier molecular flexibility index (Phi) is 4.69. The molecule has 0 atom stereocenters. The lowest BCUT2D eigenvalue weighted by Crippen LogP contribution is -2.15. The molecule has 1 aromatic carbocycles. The fraction of sp³-hybridized carbons (Fsp3) is 0.333. The molecule has 0 unspecified atom stereocenters. The summed E-state index contributed by atoms with van der Waals surface area (Å²) in [6, 6.07) is 3.17. The molecule has 0 spiro atoms. The number of fused-ring (bicyclic) bond motifs is 1. The maximum Gasteiger partial charge on any atom is 0.209 e. The number of rotatable bonds is 3. The highest BCUT2D eigenvalue weighted by Crippen LogP contribution is 2.31. The van der Waals surface area contributed by atoms with E-state index in [1.807, 2.05) is 0 Å². The van der Waals surface area contributed by atoms with Crippen molar-refractivity contribution in [1.29, 1.82) is 0 Å². The van der Waals surface area contributed by atoms with E-state index in [9.17, 15) is 10.2 Å². The van der Waals surface area contributed by atoms with Crippen molar-refractivity contribution in [1.82, 2.24) is 20.2 Å². The molecule has 1 aromatic heterocycles. The number of halogens is 1. The van der Waals surface area contributed by atoms with Gasteiger partial charge in [-0.3, -0.25) is 4.99 Å². The first-order valence-corrected chi connectivity index (χ1v) is 7.07. The van der Waals surface area contributed by atoms with E-state index in [0.29, 0.717) is 17.5 Å². The van der Waals surface area contributed by atoms with Crippen molar-refractivity contribution in [3.8, 4) is 11.5 Å². The number of aromatic hydroxyl groups is 2. The minimum atomic E-state index is -0.122. The zero-order chi connectivity index (χ0) is 14.1. The van der Waals surface area contributed by atoms with Crippen molar-refractivity contribution in [2.45, 2.75) is 11.6 Å². The van der Waals surface area contributed by atoms with Crippen molar-refractivity contribution in [3.63, 3.8) is 0 Å². The minimum Gasteiger partial charge on any atom is -0.504 e. The first-order valence-electron chi connectivity index (χ1n) is 6.09. The number of thioether (sulfide) groups is 1. The number of tetrazole rings is 1. The van der Waals surface area contributed by atoms with Gasteiger partial charge in [-0.2, -0.15) is 0 Å². The van der Waals surface area contributed by atoms with E-state index in [1.165, 1.54) is 11.8 Å². The second-order valence-corrected chi connectivity index (χ2v) is 5.39. The van der Waals surface area contributed by atoms with Crippen LogP contribution < -0.4 is 0 Å². The molecule has 2 aromatic rings. The molecule has 112 valence electrons. The van der Waals surface area contributed by atoms with Gasteiger partial charge in [0.15, 0.2) is 11.5 Å². The molecular weight excluding hydrogens is 314 g/mol. The molecule has 9 heteroatoms. The Labute approximate surface area is 131 Å². The van der Waals surface area contributed by atoms with Crippen LogP contribution in [0.2, 0.25) is 0 Å². The van der Waals surface area contributed by atoms with Gasteiger partial charge in [-0.1, -0.05) is 11.8 Å². The number of nitrogens with zero attached hydrogens (tertiary/aromatic N) is 5. The number of benzene rings is 1. The third kappa shape index (κ3) is 3.11. The van der Waals surface area contributed by atoms with Crippen molar-refractivity contribution in [2.24, 2.45) is 12.0 Å².